The predicted molar refractivity (Wildman–Crippen MR) is 85.7 cm³/mol. The van der Waals surface area contributed by atoms with E-state index in [1.165, 1.54) is 0 Å². The Hall–Kier alpha value is -0.820. The maximum Gasteiger partial charge on any atom is 0.243 e. The fourth-order valence-corrected chi connectivity index (χ4v) is 4.13. The molecule has 0 aromatic heterocycles. The zero-order valence-electron chi connectivity index (χ0n) is 12.6. The van der Waals surface area contributed by atoms with E-state index in [1.54, 1.807) is 28.6 Å². The summed E-state index contributed by atoms with van der Waals surface area (Å²) in [6.07, 6.45) is 0. The summed E-state index contributed by atoms with van der Waals surface area (Å²) in [7, 11) is -3.47. The number of ether oxygens (including phenoxy) is 1. The number of benzene rings is 1. The Labute approximate surface area is 133 Å². The summed E-state index contributed by atoms with van der Waals surface area (Å²) in [5, 5.41) is 3.29. The van der Waals surface area contributed by atoms with Crippen molar-refractivity contribution in [3.8, 4) is 5.75 Å². The molecule has 21 heavy (non-hydrogen) atoms. The lowest BCUT2D eigenvalue weighted by atomic mass is 10.1. The van der Waals surface area contributed by atoms with Crippen molar-refractivity contribution in [3.63, 3.8) is 0 Å². The van der Waals surface area contributed by atoms with Crippen LogP contribution in [0.3, 0.4) is 0 Å². The molecule has 1 aromatic carbocycles. The molecule has 7 heteroatoms. The van der Waals surface area contributed by atoms with E-state index in [2.05, 4.69) is 5.32 Å². The molecule has 5 nitrogen and oxygen atoms in total. The zero-order valence-corrected chi connectivity index (χ0v) is 14.2. The Morgan fingerprint density at radius 3 is 2.76 bits per heavy atom. The minimum absolute atomic E-state index is 0. The molecule has 0 bridgehead atoms. The number of hydrogen-bond donors (Lipinski definition) is 1. The molecule has 1 saturated heterocycles. The van der Waals surface area contributed by atoms with E-state index >= 15 is 0 Å². The number of sulfonamides is 1. The Morgan fingerprint density at radius 1 is 1.38 bits per heavy atom. The highest BCUT2D eigenvalue weighted by Gasteiger charge is 2.34. The quantitative estimate of drug-likeness (QED) is 0.913. The van der Waals surface area contributed by atoms with Gasteiger partial charge in [-0.05, 0) is 32.9 Å². The van der Waals surface area contributed by atoms with Crippen molar-refractivity contribution < 1.29 is 13.2 Å². The predicted octanol–water partition coefficient (Wildman–Crippen LogP) is 1.88. The summed E-state index contributed by atoms with van der Waals surface area (Å²) in [5.41, 5.74) is 0. The van der Waals surface area contributed by atoms with Gasteiger partial charge >= 0.3 is 0 Å². The normalized spacial score (nSPS) is 23.4. The van der Waals surface area contributed by atoms with E-state index in [1.807, 2.05) is 20.8 Å². The topological polar surface area (TPSA) is 58.6 Å². The summed E-state index contributed by atoms with van der Waals surface area (Å²) >= 11 is 0. The van der Waals surface area contributed by atoms with Crippen LogP contribution in [0.2, 0.25) is 0 Å². The van der Waals surface area contributed by atoms with Gasteiger partial charge in [0.15, 0.2) is 0 Å². The van der Waals surface area contributed by atoms with Crippen molar-refractivity contribution >= 4 is 22.4 Å². The van der Waals surface area contributed by atoms with Gasteiger partial charge in [-0.1, -0.05) is 6.07 Å². The molecule has 0 radical (unpaired) electrons. The van der Waals surface area contributed by atoms with Crippen LogP contribution in [0, 0.1) is 0 Å². The maximum absolute atomic E-state index is 12.7. The molecule has 1 aromatic rings. The summed E-state index contributed by atoms with van der Waals surface area (Å²) in [6.45, 7) is 7.50. The Morgan fingerprint density at radius 2 is 2.10 bits per heavy atom. The van der Waals surface area contributed by atoms with Gasteiger partial charge in [0.25, 0.3) is 0 Å². The number of rotatable bonds is 4. The molecule has 0 spiro atoms. The van der Waals surface area contributed by atoms with Crippen LogP contribution < -0.4 is 10.1 Å². The second kappa shape index (κ2) is 7.45. The molecule has 1 heterocycles. The third-order valence-corrected chi connectivity index (χ3v) is 5.68. The van der Waals surface area contributed by atoms with Gasteiger partial charge in [-0.2, -0.15) is 4.31 Å². The average molecular weight is 335 g/mol. The number of halogens is 1. The van der Waals surface area contributed by atoms with E-state index in [4.69, 9.17) is 4.74 Å². The van der Waals surface area contributed by atoms with E-state index < -0.39 is 10.0 Å². The van der Waals surface area contributed by atoms with Crippen LogP contribution in [0.1, 0.15) is 20.8 Å². The lowest BCUT2D eigenvalue weighted by Gasteiger charge is -2.37. The molecule has 1 aliphatic heterocycles. The van der Waals surface area contributed by atoms with Crippen molar-refractivity contribution in [2.24, 2.45) is 0 Å². The zero-order chi connectivity index (χ0) is 14.8. The third kappa shape index (κ3) is 3.88. The molecule has 2 unspecified atom stereocenters. The first-order valence-corrected chi connectivity index (χ1v) is 8.39. The van der Waals surface area contributed by atoms with Crippen LogP contribution in [0.5, 0.6) is 5.75 Å². The fourth-order valence-electron chi connectivity index (χ4n) is 2.39. The van der Waals surface area contributed by atoms with Crippen molar-refractivity contribution in [3.05, 3.63) is 24.3 Å². The Kier molecular flexibility index (Phi) is 6.46. The van der Waals surface area contributed by atoms with Gasteiger partial charge in [0.05, 0.1) is 11.5 Å². The number of piperazine rings is 1. The lowest BCUT2D eigenvalue weighted by Crippen LogP contribution is -2.57. The minimum Gasteiger partial charge on any atom is -0.494 e. The van der Waals surface area contributed by atoms with Crippen molar-refractivity contribution in [1.82, 2.24) is 9.62 Å². The summed E-state index contributed by atoms with van der Waals surface area (Å²) < 4.78 is 32.4. The second-order valence-electron chi connectivity index (χ2n) is 5.01. The first-order chi connectivity index (χ1) is 9.46. The summed E-state index contributed by atoms with van der Waals surface area (Å²) in [4.78, 5) is 0.296. The van der Waals surface area contributed by atoms with Crippen molar-refractivity contribution in [2.45, 2.75) is 37.8 Å². The summed E-state index contributed by atoms with van der Waals surface area (Å²) in [5.74, 6) is 0.587. The van der Waals surface area contributed by atoms with Crippen molar-refractivity contribution in [2.75, 3.05) is 19.7 Å². The number of nitrogens with one attached hydrogen (secondary N) is 1. The highest BCUT2D eigenvalue weighted by Crippen LogP contribution is 2.24. The molecule has 1 N–H and O–H groups in total. The van der Waals surface area contributed by atoms with Crippen molar-refractivity contribution in [1.29, 1.82) is 0 Å². The average Bonchev–Trinajstić information content (AvgIpc) is 2.42. The number of hydrogen-bond acceptors (Lipinski definition) is 4. The van der Waals surface area contributed by atoms with Gasteiger partial charge in [-0.25, -0.2) is 8.42 Å². The maximum atomic E-state index is 12.7. The summed E-state index contributed by atoms with van der Waals surface area (Å²) in [6, 6.07) is 6.79. The minimum atomic E-state index is -3.47. The Balaban J connectivity index is 0.00000220. The molecule has 1 fully saturated rings. The highest BCUT2D eigenvalue weighted by atomic mass is 35.5. The highest BCUT2D eigenvalue weighted by molar-refractivity contribution is 7.89. The third-order valence-electron chi connectivity index (χ3n) is 3.70. The van der Waals surface area contributed by atoms with Gasteiger partial charge in [-0.3, -0.25) is 0 Å². The smallest absolute Gasteiger partial charge is 0.243 e. The molecule has 120 valence electrons. The van der Waals surface area contributed by atoms with E-state index in [9.17, 15) is 8.42 Å². The largest absolute Gasteiger partial charge is 0.494 e. The molecular formula is C14H23ClN2O3S. The molecule has 0 aliphatic carbocycles. The molecule has 2 atom stereocenters. The van der Waals surface area contributed by atoms with Gasteiger partial charge in [-0.15, -0.1) is 12.4 Å². The SMILES string of the molecule is CCOc1cccc(S(=O)(=O)N2CCNC(C)C2C)c1.Cl. The molecule has 0 saturated carbocycles. The van der Waals surface area contributed by atoms with Gasteiger partial charge < -0.3 is 10.1 Å². The van der Waals surface area contributed by atoms with Gasteiger partial charge in [0.2, 0.25) is 10.0 Å². The van der Waals surface area contributed by atoms with Gasteiger partial charge in [0.1, 0.15) is 5.75 Å². The molecule has 2 rings (SSSR count). The standard InChI is InChI=1S/C14H22N2O3S.ClH/c1-4-19-13-6-5-7-14(10-13)20(17,18)16-9-8-15-11(2)12(16)3;/h5-7,10-12,15H,4,8-9H2,1-3H3;1H. The van der Waals surface area contributed by atoms with Crippen LogP contribution in [0.25, 0.3) is 0 Å². The number of nitrogens with zero attached hydrogens (tertiary/aromatic N) is 1. The van der Waals surface area contributed by atoms with Crippen LogP contribution in [-0.4, -0.2) is 44.5 Å². The molecule has 1 aliphatic rings. The van der Waals surface area contributed by atoms with Crippen LogP contribution in [0.15, 0.2) is 29.2 Å². The monoisotopic (exact) mass is 334 g/mol. The van der Waals surface area contributed by atoms with E-state index in [0.717, 1.165) is 0 Å². The van der Waals surface area contributed by atoms with Crippen LogP contribution in [-0.2, 0) is 10.0 Å². The Bertz CT molecular complexity index is 565. The first-order valence-electron chi connectivity index (χ1n) is 6.95. The van der Waals surface area contributed by atoms with Crippen LogP contribution in [0.4, 0.5) is 0 Å². The van der Waals surface area contributed by atoms with Crippen LogP contribution >= 0.6 is 12.4 Å². The van der Waals surface area contributed by atoms with Gasteiger partial charge in [0, 0.05) is 31.2 Å². The fraction of sp³-hybridized carbons (Fsp3) is 0.571. The molecule has 0 amide bonds. The van der Waals surface area contributed by atoms with E-state index in [-0.39, 0.29) is 24.5 Å². The lowest BCUT2D eigenvalue weighted by molar-refractivity contribution is 0.232. The second-order valence-corrected chi connectivity index (χ2v) is 6.90. The van der Waals surface area contributed by atoms with E-state index in [0.29, 0.717) is 30.3 Å². The molecular weight excluding hydrogens is 312 g/mol. The first kappa shape index (κ1) is 18.2.